The Morgan fingerprint density at radius 2 is 0.930 bits per heavy atom. The number of likely N-dealkylation sites (N-methyl/N-ethyl adjacent to an activating group) is 1. The van der Waals surface area contributed by atoms with E-state index in [1.54, 1.807) is 6.08 Å². The Morgan fingerprint density at radius 3 is 1.30 bits per heavy atom. The van der Waals surface area contributed by atoms with Gasteiger partial charge in [-0.15, -0.1) is 0 Å². The van der Waals surface area contributed by atoms with E-state index in [1.165, 1.54) is 186 Å². The van der Waals surface area contributed by atoms with Crippen molar-refractivity contribution in [1.29, 1.82) is 0 Å². The van der Waals surface area contributed by atoms with Gasteiger partial charge >= 0.3 is 7.82 Å². The number of rotatable bonds is 45. The van der Waals surface area contributed by atoms with Crippen LogP contribution in [0.15, 0.2) is 12.2 Å². The molecule has 57 heavy (non-hydrogen) atoms. The van der Waals surface area contributed by atoms with Gasteiger partial charge in [0.2, 0.25) is 5.91 Å². The molecule has 3 unspecified atom stereocenters. The van der Waals surface area contributed by atoms with Crippen molar-refractivity contribution in [3.8, 4) is 0 Å². The first kappa shape index (κ1) is 56.2. The molecule has 0 aliphatic rings. The van der Waals surface area contributed by atoms with Crippen molar-refractivity contribution in [1.82, 2.24) is 5.32 Å². The van der Waals surface area contributed by atoms with Crippen LogP contribution in [0.25, 0.3) is 0 Å². The van der Waals surface area contributed by atoms with Gasteiger partial charge in [-0.3, -0.25) is 13.8 Å². The van der Waals surface area contributed by atoms with E-state index >= 15 is 0 Å². The number of unbranched alkanes of at least 4 members (excludes halogenated alkanes) is 32. The van der Waals surface area contributed by atoms with Crippen LogP contribution in [0.2, 0.25) is 0 Å². The highest BCUT2D eigenvalue weighted by molar-refractivity contribution is 7.47. The third-order valence-electron chi connectivity index (χ3n) is 11.3. The van der Waals surface area contributed by atoms with Gasteiger partial charge in [-0.1, -0.05) is 225 Å². The highest BCUT2D eigenvalue weighted by Crippen LogP contribution is 2.43. The molecule has 0 saturated carbocycles. The van der Waals surface area contributed by atoms with Gasteiger partial charge < -0.3 is 19.8 Å². The number of carbonyl (C=O) groups is 1. The molecule has 8 nitrogen and oxygen atoms in total. The number of nitrogens with one attached hydrogen (secondary N) is 1. The molecule has 0 saturated heterocycles. The number of allylic oxidation sites excluding steroid dienone is 1. The second-order valence-corrected chi connectivity index (χ2v) is 19.7. The summed E-state index contributed by atoms with van der Waals surface area (Å²) in [6.07, 6.45) is 47.1. The first-order chi connectivity index (χ1) is 27.5. The number of nitrogens with zero attached hydrogens (tertiary/aromatic N) is 1. The van der Waals surface area contributed by atoms with Crippen molar-refractivity contribution in [3.05, 3.63) is 12.2 Å². The summed E-state index contributed by atoms with van der Waals surface area (Å²) in [4.78, 5) is 23.2. The fourth-order valence-electron chi connectivity index (χ4n) is 7.34. The Morgan fingerprint density at radius 1 is 0.579 bits per heavy atom. The molecule has 0 heterocycles. The highest BCUT2D eigenvalue weighted by Gasteiger charge is 2.27. The van der Waals surface area contributed by atoms with Crippen molar-refractivity contribution in [3.63, 3.8) is 0 Å². The van der Waals surface area contributed by atoms with Crippen molar-refractivity contribution in [2.24, 2.45) is 0 Å². The van der Waals surface area contributed by atoms with E-state index in [2.05, 4.69) is 19.2 Å². The van der Waals surface area contributed by atoms with Crippen molar-refractivity contribution in [2.45, 2.75) is 251 Å². The lowest BCUT2D eigenvalue weighted by molar-refractivity contribution is -0.870. The molecule has 0 fully saturated rings. The molecule has 0 spiro atoms. The fraction of sp³-hybridized carbons (Fsp3) is 0.938. The number of carbonyl (C=O) groups excluding carboxylic acids is 1. The largest absolute Gasteiger partial charge is 0.472 e. The van der Waals surface area contributed by atoms with Crippen LogP contribution in [-0.4, -0.2) is 73.4 Å². The number of quaternary nitrogens is 1. The van der Waals surface area contributed by atoms with Crippen LogP contribution in [0, 0.1) is 0 Å². The molecular weight excluding hydrogens is 732 g/mol. The van der Waals surface area contributed by atoms with E-state index in [0.717, 1.165) is 32.1 Å². The molecule has 340 valence electrons. The smallest absolute Gasteiger partial charge is 0.387 e. The topological polar surface area (TPSA) is 105 Å². The molecule has 0 bridgehead atoms. The second-order valence-electron chi connectivity index (χ2n) is 18.2. The van der Waals surface area contributed by atoms with E-state index in [4.69, 9.17) is 9.05 Å². The Bertz CT molecular complexity index is 942. The lowest BCUT2D eigenvalue weighted by Gasteiger charge is -2.25. The lowest BCUT2D eigenvalue weighted by atomic mass is 10.0. The zero-order chi connectivity index (χ0) is 42.1. The lowest BCUT2D eigenvalue weighted by Crippen LogP contribution is -2.45. The monoisotopic (exact) mass is 830 g/mol. The Kier molecular flexibility index (Phi) is 40.1. The summed E-state index contributed by atoms with van der Waals surface area (Å²) >= 11 is 0. The molecule has 1 amide bonds. The average molecular weight is 830 g/mol. The molecular formula is C48H98N2O6P+. The number of hydrogen-bond acceptors (Lipinski definition) is 5. The molecule has 3 N–H and O–H groups in total. The predicted molar refractivity (Wildman–Crippen MR) is 245 cm³/mol. The molecule has 0 aromatic carbocycles. The van der Waals surface area contributed by atoms with Crippen molar-refractivity contribution < 1.29 is 32.9 Å². The molecule has 0 aliphatic carbocycles. The van der Waals surface area contributed by atoms with Gasteiger partial charge in [0.05, 0.1) is 39.9 Å². The van der Waals surface area contributed by atoms with Crippen molar-refractivity contribution >= 4 is 13.7 Å². The van der Waals surface area contributed by atoms with E-state index < -0.39 is 20.0 Å². The Hall–Kier alpha value is -0.760. The first-order valence-corrected chi connectivity index (χ1v) is 26.1. The fourth-order valence-corrected chi connectivity index (χ4v) is 8.07. The molecule has 0 aromatic heterocycles. The zero-order valence-electron chi connectivity index (χ0n) is 38.6. The molecule has 3 atom stereocenters. The van der Waals surface area contributed by atoms with Gasteiger partial charge in [0, 0.05) is 6.42 Å². The Balaban J connectivity index is 4.33. The number of hydrogen-bond donors (Lipinski definition) is 3. The van der Waals surface area contributed by atoms with Crippen LogP contribution in [0.4, 0.5) is 0 Å². The van der Waals surface area contributed by atoms with Crippen LogP contribution in [0.3, 0.4) is 0 Å². The van der Waals surface area contributed by atoms with E-state index in [9.17, 15) is 19.4 Å². The number of aliphatic hydroxyl groups is 1. The van der Waals surface area contributed by atoms with E-state index in [0.29, 0.717) is 17.4 Å². The normalized spacial score (nSPS) is 14.3. The average Bonchev–Trinajstić information content (AvgIpc) is 3.16. The summed E-state index contributed by atoms with van der Waals surface area (Å²) in [6.45, 7) is 4.84. The minimum absolute atomic E-state index is 0.0649. The molecule has 0 rings (SSSR count). The summed E-state index contributed by atoms with van der Waals surface area (Å²) < 4.78 is 23.6. The molecule has 0 aliphatic heterocycles. The van der Waals surface area contributed by atoms with Crippen molar-refractivity contribution in [2.75, 3.05) is 40.9 Å². The summed E-state index contributed by atoms with van der Waals surface area (Å²) in [5.74, 6) is -0.173. The van der Waals surface area contributed by atoms with Gasteiger partial charge in [-0.05, 0) is 19.3 Å². The van der Waals surface area contributed by atoms with Gasteiger partial charge in [-0.2, -0.15) is 0 Å². The standard InChI is InChI=1S/C48H97N2O6P/c1-6-8-10-12-14-16-18-20-22-24-25-26-27-29-31-33-35-37-39-41-47(51)46(45-56-57(53,54)55-44-43-50(3,4)5)49-48(52)42-40-38-36-34-32-30-28-23-21-19-17-15-13-11-9-7-2/h39,41,46-47,51H,6-38,40,42-45H2,1-5H3,(H-,49,52,53,54)/p+1/b41-39+. The molecule has 0 radical (unpaired) electrons. The minimum atomic E-state index is -4.33. The summed E-state index contributed by atoms with van der Waals surface area (Å²) in [7, 11) is 1.58. The SMILES string of the molecule is CCCCCCCCCCCCCCCCCCC/C=C/C(O)C(COP(=O)(O)OCC[N+](C)(C)C)NC(=O)CCCCCCCCCCCCCCCCCC. The quantitative estimate of drug-likeness (QED) is 0.0244. The number of aliphatic hydroxyl groups excluding tert-OH is 1. The first-order valence-electron chi connectivity index (χ1n) is 24.6. The third-order valence-corrected chi connectivity index (χ3v) is 12.2. The third kappa shape index (κ3) is 43.1. The Labute approximate surface area is 354 Å². The summed E-state index contributed by atoms with van der Waals surface area (Å²) in [5, 5.41) is 13.9. The van der Waals surface area contributed by atoms with E-state index in [-0.39, 0.29) is 19.1 Å². The van der Waals surface area contributed by atoms with Crippen LogP contribution in [-0.2, 0) is 18.4 Å². The van der Waals surface area contributed by atoms with Gasteiger partial charge in [0.1, 0.15) is 13.2 Å². The maximum Gasteiger partial charge on any atom is 0.472 e. The predicted octanol–water partition coefficient (Wildman–Crippen LogP) is 13.9. The molecule has 9 heteroatoms. The van der Waals surface area contributed by atoms with Crippen LogP contribution < -0.4 is 5.32 Å². The number of phosphoric acid groups is 1. The minimum Gasteiger partial charge on any atom is -0.387 e. The number of phosphoric ester groups is 1. The summed E-state index contributed by atoms with van der Waals surface area (Å²) in [6, 6.07) is -0.840. The number of amides is 1. The van der Waals surface area contributed by atoms with Crippen LogP contribution >= 0.6 is 7.82 Å². The second kappa shape index (κ2) is 40.6. The zero-order valence-corrected chi connectivity index (χ0v) is 39.5. The highest BCUT2D eigenvalue weighted by atomic mass is 31.2. The van der Waals surface area contributed by atoms with Crippen LogP contribution in [0.5, 0.6) is 0 Å². The van der Waals surface area contributed by atoms with Crippen LogP contribution in [0.1, 0.15) is 239 Å². The van der Waals surface area contributed by atoms with E-state index in [1.807, 2.05) is 27.2 Å². The van der Waals surface area contributed by atoms with Gasteiger partial charge in [-0.25, -0.2) is 4.57 Å². The van der Waals surface area contributed by atoms with Gasteiger partial charge in [0.15, 0.2) is 0 Å². The van der Waals surface area contributed by atoms with Gasteiger partial charge in [0.25, 0.3) is 0 Å². The summed E-state index contributed by atoms with van der Waals surface area (Å²) in [5.41, 5.74) is 0. The molecule has 0 aromatic rings. The maximum absolute atomic E-state index is 12.9. The maximum atomic E-state index is 12.9.